The van der Waals surface area contributed by atoms with Gasteiger partial charge in [-0.1, -0.05) is 177 Å². The van der Waals surface area contributed by atoms with Crippen molar-refractivity contribution in [2.45, 2.75) is 250 Å². The molecule has 0 saturated carbocycles. The van der Waals surface area contributed by atoms with Crippen molar-refractivity contribution in [3.63, 3.8) is 0 Å². The van der Waals surface area contributed by atoms with Gasteiger partial charge in [0.25, 0.3) is 0 Å². The van der Waals surface area contributed by atoms with E-state index in [9.17, 15) is 0 Å². The SMILES string of the molecule is CC(CCCOc1c(C(C)(C)CC(C)(C)C)cc(CCc2cc(C(C)(C)CC(C)(C)C)c(OCCCC(C)C3CO3)c(C(C)(C)CC(C)(C)C)c2)cc1C(C)(C)CC(C)(C)C)C1CO1. The molecule has 2 aliphatic heterocycles. The fourth-order valence-corrected chi connectivity index (χ4v) is 12.3. The number of benzene rings is 2. The highest BCUT2D eigenvalue weighted by atomic mass is 16.6. The van der Waals surface area contributed by atoms with Gasteiger partial charge in [0, 0.05) is 22.3 Å². The Balaban J connectivity index is 1.87. The zero-order valence-electron chi connectivity index (χ0n) is 46.2. The lowest BCUT2D eigenvalue weighted by molar-refractivity contribution is 0.239. The highest BCUT2D eigenvalue weighted by Gasteiger charge is 2.39. The lowest BCUT2D eigenvalue weighted by Crippen LogP contribution is -2.30. The van der Waals surface area contributed by atoms with E-state index in [1.165, 1.54) is 33.4 Å². The number of epoxide rings is 2. The van der Waals surface area contributed by atoms with E-state index in [4.69, 9.17) is 18.9 Å². The molecule has 4 rings (SSSR count). The molecule has 2 aromatic rings. The number of hydrogen-bond acceptors (Lipinski definition) is 4. The lowest BCUT2D eigenvalue weighted by atomic mass is 9.67. The smallest absolute Gasteiger partial charge is 0.126 e. The summed E-state index contributed by atoms with van der Waals surface area (Å²) in [6.07, 6.45) is 11.4. The van der Waals surface area contributed by atoms with Gasteiger partial charge in [0.15, 0.2) is 0 Å². The van der Waals surface area contributed by atoms with E-state index in [2.05, 4.69) is 177 Å². The quantitative estimate of drug-likeness (QED) is 0.0824. The molecule has 0 N–H and O–H groups in total. The molecule has 4 nitrogen and oxygen atoms in total. The number of ether oxygens (including phenoxy) is 4. The molecule has 64 heavy (non-hydrogen) atoms. The van der Waals surface area contributed by atoms with Crippen LogP contribution in [0.3, 0.4) is 0 Å². The molecule has 366 valence electrons. The number of rotatable bonds is 23. The Bertz CT molecular complexity index is 1570. The first-order valence-electron chi connectivity index (χ1n) is 25.8. The summed E-state index contributed by atoms with van der Waals surface area (Å²) in [6.45, 7) is 56.3. The van der Waals surface area contributed by atoms with E-state index in [1.807, 2.05) is 0 Å². The molecular formula is C60H102O4. The minimum Gasteiger partial charge on any atom is -0.493 e. The lowest BCUT2D eigenvalue weighted by Gasteiger charge is -2.39. The van der Waals surface area contributed by atoms with Crippen molar-refractivity contribution in [2.75, 3.05) is 26.4 Å². The molecular weight excluding hydrogens is 785 g/mol. The number of aryl methyl sites for hydroxylation is 2. The van der Waals surface area contributed by atoms with Crippen molar-refractivity contribution in [1.29, 1.82) is 0 Å². The third kappa shape index (κ3) is 16.9. The molecule has 4 unspecified atom stereocenters. The molecule has 0 aliphatic carbocycles. The van der Waals surface area contributed by atoms with Gasteiger partial charge in [-0.2, -0.15) is 0 Å². The van der Waals surface area contributed by atoms with Gasteiger partial charge in [0.05, 0.1) is 38.6 Å². The minimum atomic E-state index is -0.0813. The van der Waals surface area contributed by atoms with Crippen LogP contribution in [0.2, 0.25) is 0 Å². The molecule has 2 fully saturated rings. The molecule has 2 aromatic carbocycles. The van der Waals surface area contributed by atoms with Gasteiger partial charge in [-0.15, -0.1) is 0 Å². The number of hydrogen-bond donors (Lipinski definition) is 0. The Kier molecular flexibility index (Phi) is 17.3. The maximum atomic E-state index is 7.14. The van der Waals surface area contributed by atoms with Crippen LogP contribution in [0.15, 0.2) is 24.3 Å². The maximum Gasteiger partial charge on any atom is 0.126 e. The molecule has 0 spiro atoms. The normalized spacial score (nSPS) is 18.8. The van der Waals surface area contributed by atoms with Crippen LogP contribution in [-0.2, 0) is 44.0 Å². The molecule has 0 aromatic heterocycles. The van der Waals surface area contributed by atoms with Crippen LogP contribution in [0.1, 0.15) is 237 Å². The second-order valence-electron chi connectivity index (χ2n) is 28.7. The first-order valence-corrected chi connectivity index (χ1v) is 25.8. The summed E-state index contributed by atoms with van der Waals surface area (Å²) in [5, 5.41) is 0. The maximum absolute atomic E-state index is 7.14. The Morgan fingerprint density at radius 2 is 0.672 bits per heavy atom. The van der Waals surface area contributed by atoms with Crippen molar-refractivity contribution < 1.29 is 18.9 Å². The second kappa shape index (κ2) is 20.3. The van der Waals surface area contributed by atoms with E-state index in [0.717, 1.165) is 102 Å². The predicted octanol–water partition coefficient (Wildman–Crippen LogP) is 16.7. The topological polar surface area (TPSA) is 43.5 Å². The molecule has 4 heteroatoms. The summed E-state index contributed by atoms with van der Waals surface area (Å²) >= 11 is 0. The zero-order valence-corrected chi connectivity index (χ0v) is 46.2. The van der Waals surface area contributed by atoms with Crippen LogP contribution in [0, 0.1) is 33.5 Å². The van der Waals surface area contributed by atoms with Gasteiger partial charge in [-0.25, -0.2) is 0 Å². The van der Waals surface area contributed by atoms with Crippen molar-refractivity contribution in [1.82, 2.24) is 0 Å². The van der Waals surface area contributed by atoms with Gasteiger partial charge >= 0.3 is 0 Å². The molecule has 2 saturated heterocycles. The standard InChI is InChI=1S/C60H102O4/c1-41(49-35-63-49)25-23-29-61-51-45(57(15,16)37-53(3,4)5)31-43(32-46(51)58(17,18)38-54(6,7)8)27-28-44-33-47(59(19,20)39-55(9,10)11)52(62-30-24-26-42(2)50-36-64-50)48(34-44)60(21,22)40-56(12,13)14/h31-34,41-42,49-50H,23-30,35-40H2,1-22H3. The largest absolute Gasteiger partial charge is 0.493 e. The van der Waals surface area contributed by atoms with E-state index >= 15 is 0 Å². The average molecular weight is 887 g/mol. The van der Waals surface area contributed by atoms with Crippen LogP contribution >= 0.6 is 0 Å². The fourth-order valence-electron chi connectivity index (χ4n) is 12.3. The fraction of sp³-hybridized carbons (Fsp3) is 0.800. The summed E-state index contributed by atoms with van der Waals surface area (Å²) in [6, 6.07) is 10.2. The second-order valence-corrected chi connectivity index (χ2v) is 28.7. The molecule has 0 bridgehead atoms. The van der Waals surface area contributed by atoms with Gasteiger partial charge in [0.2, 0.25) is 0 Å². The molecule has 0 radical (unpaired) electrons. The summed E-state index contributed by atoms with van der Waals surface area (Å²) in [5.41, 5.74) is 8.67. The third-order valence-corrected chi connectivity index (χ3v) is 13.9. The summed E-state index contributed by atoms with van der Waals surface area (Å²) in [5.74, 6) is 3.44. The molecule has 2 aliphatic rings. The monoisotopic (exact) mass is 887 g/mol. The minimum absolute atomic E-state index is 0.0813. The van der Waals surface area contributed by atoms with Crippen LogP contribution in [0.5, 0.6) is 11.5 Å². The van der Waals surface area contributed by atoms with Crippen molar-refractivity contribution in [3.8, 4) is 11.5 Å². The first kappa shape index (κ1) is 54.6. The van der Waals surface area contributed by atoms with Crippen LogP contribution in [0.4, 0.5) is 0 Å². The van der Waals surface area contributed by atoms with Crippen LogP contribution in [0.25, 0.3) is 0 Å². The van der Waals surface area contributed by atoms with Crippen molar-refractivity contribution in [3.05, 3.63) is 57.6 Å². The van der Waals surface area contributed by atoms with Gasteiger partial charge < -0.3 is 18.9 Å². The average Bonchev–Trinajstić information content (AvgIpc) is 4.00. The van der Waals surface area contributed by atoms with E-state index in [1.54, 1.807) is 0 Å². The van der Waals surface area contributed by atoms with E-state index in [-0.39, 0.29) is 43.3 Å². The van der Waals surface area contributed by atoms with Crippen LogP contribution in [-0.4, -0.2) is 38.6 Å². The van der Waals surface area contributed by atoms with E-state index < -0.39 is 0 Å². The molecule has 2 heterocycles. The van der Waals surface area contributed by atoms with Crippen molar-refractivity contribution in [2.24, 2.45) is 33.5 Å². The van der Waals surface area contributed by atoms with Gasteiger partial charge in [-0.05, 0) is 130 Å². The third-order valence-electron chi connectivity index (χ3n) is 13.9. The van der Waals surface area contributed by atoms with Crippen LogP contribution < -0.4 is 9.47 Å². The summed E-state index contributed by atoms with van der Waals surface area (Å²) in [4.78, 5) is 0. The highest BCUT2D eigenvalue weighted by molar-refractivity contribution is 5.54. The van der Waals surface area contributed by atoms with Gasteiger partial charge in [0.1, 0.15) is 11.5 Å². The Morgan fingerprint density at radius 1 is 0.438 bits per heavy atom. The van der Waals surface area contributed by atoms with Crippen molar-refractivity contribution >= 4 is 0 Å². The van der Waals surface area contributed by atoms with Gasteiger partial charge in [-0.3, -0.25) is 0 Å². The predicted molar refractivity (Wildman–Crippen MR) is 276 cm³/mol. The van der Waals surface area contributed by atoms with E-state index in [0.29, 0.717) is 24.0 Å². The Hall–Kier alpha value is -2.04. The molecule has 0 amide bonds. The zero-order chi connectivity index (χ0) is 48.5. The summed E-state index contributed by atoms with van der Waals surface area (Å²) < 4.78 is 25.6. The summed E-state index contributed by atoms with van der Waals surface area (Å²) in [7, 11) is 0. The Morgan fingerprint density at radius 3 is 0.875 bits per heavy atom. The molecule has 4 atom stereocenters. The highest BCUT2D eigenvalue weighted by Crippen LogP contribution is 2.50. The first-order chi connectivity index (χ1) is 29.0. The Labute approximate surface area is 396 Å².